The van der Waals surface area contributed by atoms with E-state index in [0.717, 1.165) is 41.6 Å². The molecule has 1 heterocycles. The molecule has 1 aliphatic rings. The van der Waals surface area contributed by atoms with E-state index in [1.54, 1.807) is 18.3 Å². The smallest absolute Gasteiger partial charge is 0.211 e. The van der Waals surface area contributed by atoms with E-state index in [1.807, 2.05) is 23.7 Å². The molecule has 0 spiro atoms. The van der Waals surface area contributed by atoms with Gasteiger partial charge in [-0.05, 0) is 38.0 Å². The van der Waals surface area contributed by atoms with Crippen LogP contribution in [0, 0.1) is 5.92 Å². The van der Waals surface area contributed by atoms with Crippen LogP contribution in [0.25, 0.3) is 10.2 Å². The van der Waals surface area contributed by atoms with Crippen LogP contribution in [-0.2, 0) is 10.0 Å². The topological polar surface area (TPSA) is 68.3 Å². The number of rotatable bonds is 6. The number of thiazole rings is 1. The van der Waals surface area contributed by atoms with Gasteiger partial charge in [0.25, 0.3) is 0 Å². The normalized spacial score (nSPS) is 22.3. The zero-order chi connectivity index (χ0) is 16.3. The zero-order valence-corrected chi connectivity index (χ0v) is 14.8. The van der Waals surface area contributed by atoms with Crippen molar-refractivity contribution in [2.45, 2.75) is 38.6 Å². The van der Waals surface area contributed by atoms with Crippen LogP contribution in [-0.4, -0.2) is 31.8 Å². The molecule has 0 unspecified atom stereocenters. The standard InChI is InChI=1S/C16H22N2O3S2/c1-2-23(19,20)18-14-6-4-3-5-12(14)10-21-13-7-8-15-16(9-13)22-11-17-15/h7-9,11-12,14,18H,2-6,10H2,1H3/t12-,14+/m1/s1. The van der Waals surface area contributed by atoms with Gasteiger partial charge in [0, 0.05) is 12.0 Å². The molecule has 7 heteroatoms. The van der Waals surface area contributed by atoms with Crippen LogP contribution in [0.4, 0.5) is 0 Å². The monoisotopic (exact) mass is 354 g/mol. The molecule has 0 amide bonds. The fourth-order valence-electron chi connectivity index (χ4n) is 3.00. The summed E-state index contributed by atoms with van der Waals surface area (Å²) in [6.07, 6.45) is 4.09. The summed E-state index contributed by atoms with van der Waals surface area (Å²) in [6, 6.07) is 5.87. The van der Waals surface area contributed by atoms with Gasteiger partial charge in [0.2, 0.25) is 10.0 Å². The van der Waals surface area contributed by atoms with Crippen LogP contribution in [0.5, 0.6) is 5.75 Å². The van der Waals surface area contributed by atoms with E-state index < -0.39 is 10.0 Å². The number of ether oxygens (including phenoxy) is 1. The van der Waals surface area contributed by atoms with Gasteiger partial charge in [0.15, 0.2) is 0 Å². The molecule has 1 aromatic carbocycles. The van der Waals surface area contributed by atoms with E-state index in [2.05, 4.69) is 9.71 Å². The lowest BCUT2D eigenvalue weighted by Crippen LogP contribution is -2.44. The van der Waals surface area contributed by atoms with Gasteiger partial charge in [-0.3, -0.25) is 0 Å². The lowest BCUT2D eigenvalue weighted by atomic mass is 9.86. The Labute approximate surface area is 141 Å². The van der Waals surface area contributed by atoms with Crippen molar-refractivity contribution >= 4 is 31.6 Å². The highest BCUT2D eigenvalue weighted by molar-refractivity contribution is 7.89. The number of benzene rings is 1. The molecule has 23 heavy (non-hydrogen) atoms. The summed E-state index contributed by atoms with van der Waals surface area (Å²) in [6.45, 7) is 2.21. The van der Waals surface area contributed by atoms with E-state index in [4.69, 9.17) is 4.74 Å². The molecule has 0 radical (unpaired) electrons. The molecular weight excluding hydrogens is 332 g/mol. The molecule has 0 bridgehead atoms. The molecule has 1 aliphatic carbocycles. The molecule has 3 rings (SSSR count). The van der Waals surface area contributed by atoms with Crippen molar-refractivity contribution in [3.8, 4) is 5.75 Å². The summed E-state index contributed by atoms with van der Waals surface area (Å²) in [5, 5.41) is 0. The van der Waals surface area contributed by atoms with Crippen LogP contribution in [0.2, 0.25) is 0 Å². The fraction of sp³-hybridized carbons (Fsp3) is 0.562. The number of sulfonamides is 1. The predicted molar refractivity (Wildman–Crippen MR) is 93.5 cm³/mol. The summed E-state index contributed by atoms with van der Waals surface area (Å²) in [7, 11) is -3.17. The molecule has 1 N–H and O–H groups in total. The molecule has 2 aromatic rings. The number of nitrogens with one attached hydrogen (secondary N) is 1. The largest absolute Gasteiger partial charge is 0.493 e. The van der Waals surface area contributed by atoms with Crippen LogP contribution in [0.1, 0.15) is 32.6 Å². The second-order valence-corrected chi connectivity index (χ2v) is 8.89. The fourth-order valence-corrected chi connectivity index (χ4v) is 4.65. The van der Waals surface area contributed by atoms with E-state index in [0.29, 0.717) is 6.61 Å². The van der Waals surface area contributed by atoms with Crippen molar-refractivity contribution in [2.75, 3.05) is 12.4 Å². The molecule has 1 saturated carbocycles. The highest BCUT2D eigenvalue weighted by Crippen LogP contribution is 2.28. The number of fused-ring (bicyclic) bond motifs is 1. The summed E-state index contributed by atoms with van der Waals surface area (Å²) in [5.74, 6) is 1.17. The van der Waals surface area contributed by atoms with E-state index in [1.165, 1.54) is 0 Å². The molecule has 0 aliphatic heterocycles. The summed E-state index contributed by atoms with van der Waals surface area (Å²) in [5.41, 5.74) is 2.80. The molecule has 5 nitrogen and oxygen atoms in total. The Morgan fingerprint density at radius 2 is 2.17 bits per heavy atom. The van der Waals surface area contributed by atoms with Gasteiger partial charge >= 0.3 is 0 Å². The minimum Gasteiger partial charge on any atom is -0.493 e. The van der Waals surface area contributed by atoms with Gasteiger partial charge in [0.05, 0.1) is 28.1 Å². The average Bonchev–Trinajstić information content (AvgIpc) is 3.01. The van der Waals surface area contributed by atoms with E-state index >= 15 is 0 Å². The third-order valence-corrected chi connectivity index (χ3v) is 6.60. The molecule has 1 fully saturated rings. The Hall–Kier alpha value is -1.18. The third-order valence-electron chi connectivity index (χ3n) is 4.39. The van der Waals surface area contributed by atoms with Gasteiger partial charge in [-0.25, -0.2) is 18.1 Å². The molecule has 0 saturated heterocycles. The van der Waals surface area contributed by atoms with Crippen molar-refractivity contribution in [3.63, 3.8) is 0 Å². The highest BCUT2D eigenvalue weighted by Gasteiger charge is 2.28. The average molecular weight is 354 g/mol. The highest BCUT2D eigenvalue weighted by atomic mass is 32.2. The molecule has 1 aromatic heterocycles. The Kier molecular flexibility index (Phi) is 5.18. The second-order valence-electron chi connectivity index (χ2n) is 5.97. The lowest BCUT2D eigenvalue weighted by Gasteiger charge is -2.31. The van der Waals surface area contributed by atoms with Crippen LogP contribution >= 0.6 is 11.3 Å². The van der Waals surface area contributed by atoms with E-state index in [9.17, 15) is 8.42 Å². The lowest BCUT2D eigenvalue weighted by molar-refractivity contribution is 0.180. The van der Waals surface area contributed by atoms with Gasteiger partial charge < -0.3 is 4.74 Å². The first-order valence-corrected chi connectivity index (χ1v) is 10.6. The van der Waals surface area contributed by atoms with E-state index in [-0.39, 0.29) is 17.7 Å². The van der Waals surface area contributed by atoms with Crippen molar-refractivity contribution < 1.29 is 13.2 Å². The summed E-state index contributed by atoms with van der Waals surface area (Å²) < 4.78 is 33.6. The van der Waals surface area contributed by atoms with Gasteiger partial charge in [-0.15, -0.1) is 11.3 Å². The Balaban J connectivity index is 1.64. The maximum Gasteiger partial charge on any atom is 0.211 e. The number of aromatic nitrogens is 1. The van der Waals surface area contributed by atoms with Crippen molar-refractivity contribution in [3.05, 3.63) is 23.7 Å². The predicted octanol–water partition coefficient (Wildman–Crippen LogP) is 3.17. The maximum absolute atomic E-state index is 11.8. The molecular formula is C16H22N2O3S2. The number of hydrogen-bond donors (Lipinski definition) is 1. The SMILES string of the molecule is CCS(=O)(=O)N[C@H]1CCCC[C@@H]1COc1ccc2ncsc2c1. The first-order chi connectivity index (χ1) is 11.1. The summed E-state index contributed by atoms with van der Waals surface area (Å²) >= 11 is 1.59. The van der Waals surface area contributed by atoms with Gasteiger partial charge in [-0.2, -0.15) is 0 Å². The van der Waals surface area contributed by atoms with Crippen molar-refractivity contribution in [2.24, 2.45) is 5.92 Å². The Morgan fingerprint density at radius 3 is 3.00 bits per heavy atom. The third kappa shape index (κ3) is 4.22. The summed E-state index contributed by atoms with van der Waals surface area (Å²) in [4.78, 5) is 4.26. The second kappa shape index (κ2) is 7.15. The number of nitrogens with zero attached hydrogens (tertiary/aromatic N) is 1. The molecule has 2 atom stereocenters. The van der Waals surface area contributed by atoms with Crippen LogP contribution in [0.3, 0.4) is 0 Å². The van der Waals surface area contributed by atoms with Gasteiger partial charge in [-0.1, -0.05) is 12.8 Å². The van der Waals surface area contributed by atoms with Crippen LogP contribution in [0.15, 0.2) is 23.7 Å². The zero-order valence-electron chi connectivity index (χ0n) is 13.2. The molecule has 126 valence electrons. The maximum atomic E-state index is 11.8. The Bertz CT molecular complexity index is 758. The van der Waals surface area contributed by atoms with Crippen LogP contribution < -0.4 is 9.46 Å². The van der Waals surface area contributed by atoms with Gasteiger partial charge in [0.1, 0.15) is 5.75 Å². The van der Waals surface area contributed by atoms with Crippen molar-refractivity contribution in [1.29, 1.82) is 0 Å². The quantitative estimate of drug-likeness (QED) is 0.865. The number of hydrogen-bond acceptors (Lipinski definition) is 5. The van der Waals surface area contributed by atoms with Crippen molar-refractivity contribution in [1.82, 2.24) is 9.71 Å². The minimum atomic E-state index is -3.17. The Morgan fingerprint density at radius 1 is 1.35 bits per heavy atom. The minimum absolute atomic E-state index is 0.0131. The first-order valence-electron chi connectivity index (χ1n) is 8.03. The first kappa shape index (κ1) is 16.7.